The van der Waals surface area contributed by atoms with E-state index in [9.17, 15) is 17.6 Å². The van der Waals surface area contributed by atoms with E-state index in [4.69, 9.17) is 5.11 Å². The minimum Gasteiger partial charge on any atom is -0.478 e. The number of sulfone groups is 1. The number of anilines is 1. The van der Waals surface area contributed by atoms with E-state index in [2.05, 4.69) is 5.32 Å². The van der Waals surface area contributed by atoms with Crippen LogP contribution in [0.2, 0.25) is 0 Å². The maximum absolute atomic E-state index is 13.3. The summed E-state index contributed by atoms with van der Waals surface area (Å²) in [5.74, 6) is -2.16. The molecule has 2 rings (SSSR count). The van der Waals surface area contributed by atoms with Crippen LogP contribution in [0.15, 0.2) is 18.2 Å². The highest BCUT2D eigenvalue weighted by Crippen LogP contribution is 2.28. The summed E-state index contributed by atoms with van der Waals surface area (Å²) in [6.45, 7) is 0. The van der Waals surface area contributed by atoms with Crippen LogP contribution in [0, 0.1) is 5.82 Å². The van der Waals surface area contributed by atoms with Crippen LogP contribution in [0.5, 0.6) is 0 Å². The third-order valence-corrected chi connectivity index (χ3v) is 5.22. The van der Waals surface area contributed by atoms with E-state index in [-0.39, 0.29) is 6.04 Å². The maximum atomic E-state index is 13.3. The van der Waals surface area contributed by atoms with Crippen molar-refractivity contribution in [3.8, 4) is 0 Å². The summed E-state index contributed by atoms with van der Waals surface area (Å²) in [6.07, 6.45) is 3.27. The first kappa shape index (κ1) is 14.8. The van der Waals surface area contributed by atoms with E-state index in [1.807, 2.05) is 0 Å². The molecule has 20 heavy (non-hydrogen) atoms. The second-order valence-corrected chi connectivity index (χ2v) is 7.31. The summed E-state index contributed by atoms with van der Waals surface area (Å²) < 4.78 is 36.6. The highest BCUT2D eigenvalue weighted by molar-refractivity contribution is 7.91. The Bertz CT molecular complexity index is 629. The van der Waals surface area contributed by atoms with Crippen molar-refractivity contribution in [1.82, 2.24) is 0 Å². The topological polar surface area (TPSA) is 83.5 Å². The zero-order chi connectivity index (χ0) is 14.9. The van der Waals surface area contributed by atoms with Gasteiger partial charge >= 0.3 is 5.97 Å². The lowest BCUT2D eigenvalue weighted by Gasteiger charge is -2.21. The fourth-order valence-electron chi connectivity index (χ4n) is 2.60. The summed E-state index contributed by atoms with van der Waals surface area (Å²) in [7, 11) is -3.16. The zero-order valence-corrected chi connectivity index (χ0v) is 11.8. The minimum absolute atomic E-state index is 0.267. The number of hydrogen-bond donors (Lipinski definition) is 2. The Balaban J connectivity index is 2.22. The van der Waals surface area contributed by atoms with Gasteiger partial charge in [0.2, 0.25) is 0 Å². The standard InChI is InChI=1S/C13H16FNO4S/c1-20(18,19)12-4-2-3-11(12)15-8-5-6-10(14)9(7-8)13(16)17/h5-7,11-12,15H,2-4H2,1H3,(H,16,17). The molecule has 0 saturated heterocycles. The molecule has 0 aromatic heterocycles. The van der Waals surface area contributed by atoms with Crippen molar-refractivity contribution in [3.63, 3.8) is 0 Å². The molecule has 2 unspecified atom stereocenters. The van der Waals surface area contributed by atoms with Gasteiger partial charge in [0.05, 0.1) is 10.8 Å². The van der Waals surface area contributed by atoms with Crippen molar-refractivity contribution >= 4 is 21.5 Å². The van der Waals surface area contributed by atoms with Gasteiger partial charge in [0, 0.05) is 18.0 Å². The molecule has 1 fully saturated rings. The quantitative estimate of drug-likeness (QED) is 0.887. The summed E-state index contributed by atoms with van der Waals surface area (Å²) in [5.41, 5.74) is -0.00625. The van der Waals surface area contributed by atoms with E-state index in [1.54, 1.807) is 0 Å². The maximum Gasteiger partial charge on any atom is 0.338 e. The number of aromatic carboxylic acids is 1. The predicted octanol–water partition coefficient (Wildman–Crippen LogP) is 1.90. The lowest BCUT2D eigenvalue weighted by atomic mass is 10.1. The number of carboxylic acids is 1. The Hall–Kier alpha value is -1.63. The van der Waals surface area contributed by atoms with Gasteiger partial charge in [-0.15, -0.1) is 0 Å². The first-order chi connectivity index (χ1) is 9.29. The molecule has 1 aromatic rings. The fourth-order valence-corrected chi connectivity index (χ4v) is 3.99. The summed E-state index contributed by atoms with van der Waals surface area (Å²) in [5, 5.41) is 11.4. The van der Waals surface area contributed by atoms with E-state index < -0.39 is 32.4 Å². The number of benzene rings is 1. The molecule has 110 valence electrons. The Kier molecular flexibility index (Phi) is 3.99. The van der Waals surface area contributed by atoms with Crippen molar-refractivity contribution in [2.45, 2.75) is 30.6 Å². The molecule has 0 heterocycles. The van der Waals surface area contributed by atoms with Crippen LogP contribution < -0.4 is 5.32 Å². The van der Waals surface area contributed by atoms with Gasteiger partial charge in [0.25, 0.3) is 0 Å². The molecule has 5 nitrogen and oxygen atoms in total. The number of rotatable bonds is 4. The van der Waals surface area contributed by atoms with E-state index >= 15 is 0 Å². The van der Waals surface area contributed by atoms with Crippen LogP contribution in [-0.4, -0.2) is 37.0 Å². The molecule has 0 bridgehead atoms. The van der Waals surface area contributed by atoms with Crippen molar-refractivity contribution in [2.75, 3.05) is 11.6 Å². The number of nitrogens with one attached hydrogen (secondary N) is 1. The number of hydrogen-bond acceptors (Lipinski definition) is 4. The first-order valence-electron chi connectivity index (χ1n) is 6.27. The zero-order valence-electron chi connectivity index (χ0n) is 11.0. The number of carboxylic acid groups (broad SMARTS) is 1. The van der Waals surface area contributed by atoms with Crippen LogP contribution in [0.4, 0.5) is 10.1 Å². The van der Waals surface area contributed by atoms with Crippen LogP contribution in [0.25, 0.3) is 0 Å². The van der Waals surface area contributed by atoms with Crippen molar-refractivity contribution in [3.05, 3.63) is 29.6 Å². The second kappa shape index (κ2) is 5.40. The Labute approximate surface area is 116 Å². The van der Waals surface area contributed by atoms with E-state index in [1.165, 1.54) is 18.4 Å². The predicted molar refractivity (Wildman–Crippen MR) is 73.3 cm³/mol. The molecule has 2 atom stereocenters. The second-order valence-electron chi connectivity index (χ2n) is 5.05. The monoisotopic (exact) mass is 301 g/mol. The SMILES string of the molecule is CS(=O)(=O)C1CCCC1Nc1ccc(F)c(C(=O)O)c1. The minimum atomic E-state index is -3.16. The summed E-state index contributed by atoms with van der Waals surface area (Å²) in [4.78, 5) is 10.9. The normalized spacial score (nSPS) is 22.7. The van der Waals surface area contributed by atoms with Gasteiger partial charge in [-0.25, -0.2) is 17.6 Å². The first-order valence-corrected chi connectivity index (χ1v) is 8.23. The third kappa shape index (κ3) is 3.09. The van der Waals surface area contributed by atoms with Crippen molar-refractivity contribution in [2.24, 2.45) is 0 Å². The molecule has 0 radical (unpaired) electrons. The number of halogens is 1. The molecule has 1 saturated carbocycles. The average molecular weight is 301 g/mol. The molecule has 0 spiro atoms. The lowest BCUT2D eigenvalue weighted by Crippen LogP contribution is -2.34. The van der Waals surface area contributed by atoms with Crippen LogP contribution in [0.3, 0.4) is 0 Å². The van der Waals surface area contributed by atoms with Gasteiger partial charge in [-0.1, -0.05) is 0 Å². The van der Waals surface area contributed by atoms with Crippen LogP contribution in [0.1, 0.15) is 29.6 Å². The highest BCUT2D eigenvalue weighted by Gasteiger charge is 2.34. The van der Waals surface area contributed by atoms with Gasteiger partial charge in [0.15, 0.2) is 9.84 Å². The van der Waals surface area contributed by atoms with Crippen LogP contribution >= 0.6 is 0 Å². The van der Waals surface area contributed by atoms with Gasteiger partial charge in [0.1, 0.15) is 5.82 Å². The largest absolute Gasteiger partial charge is 0.478 e. The average Bonchev–Trinajstić information content (AvgIpc) is 2.79. The highest BCUT2D eigenvalue weighted by atomic mass is 32.2. The molecule has 0 amide bonds. The van der Waals surface area contributed by atoms with Crippen molar-refractivity contribution < 1.29 is 22.7 Å². The lowest BCUT2D eigenvalue weighted by molar-refractivity contribution is 0.0692. The molecule has 7 heteroatoms. The van der Waals surface area contributed by atoms with E-state index in [0.717, 1.165) is 12.5 Å². The Morgan fingerprint density at radius 1 is 1.40 bits per heavy atom. The van der Waals surface area contributed by atoms with Crippen LogP contribution in [-0.2, 0) is 9.84 Å². The molecule has 1 aromatic carbocycles. The molecular formula is C13H16FNO4S. The smallest absolute Gasteiger partial charge is 0.338 e. The molecule has 2 N–H and O–H groups in total. The Morgan fingerprint density at radius 2 is 2.10 bits per heavy atom. The summed E-state index contributed by atoms with van der Waals surface area (Å²) in [6, 6.07) is 3.41. The molecule has 1 aliphatic rings. The van der Waals surface area contributed by atoms with Gasteiger partial charge in [-0.2, -0.15) is 0 Å². The van der Waals surface area contributed by atoms with E-state index in [0.29, 0.717) is 18.5 Å². The van der Waals surface area contributed by atoms with Gasteiger partial charge in [-0.3, -0.25) is 0 Å². The van der Waals surface area contributed by atoms with Crippen molar-refractivity contribution in [1.29, 1.82) is 0 Å². The van der Waals surface area contributed by atoms with Gasteiger partial charge < -0.3 is 10.4 Å². The molecule has 1 aliphatic carbocycles. The molecular weight excluding hydrogens is 285 g/mol. The van der Waals surface area contributed by atoms with Gasteiger partial charge in [-0.05, 0) is 37.5 Å². The number of carbonyl (C=O) groups is 1. The third-order valence-electron chi connectivity index (χ3n) is 3.55. The fraction of sp³-hybridized carbons (Fsp3) is 0.462. The Morgan fingerprint density at radius 3 is 2.70 bits per heavy atom. The molecule has 0 aliphatic heterocycles. The summed E-state index contributed by atoms with van der Waals surface area (Å²) >= 11 is 0.